The van der Waals surface area contributed by atoms with E-state index in [0.717, 1.165) is 37.5 Å². The van der Waals surface area contributed by atoms with Crippen LogP contribution in [0.3, 0.4) is 0 Å². The van der Waals surface area contributed by atoms with E-state index in [0.29, 0.717) is 5.92 Å². The molecule has 2 aromatic carbocycles. The third kappa shape index (κ3) is 4.32. The summed E-state index contributed by atoms with van der Waals surface area (Å²) in [6, 6.07) is 14.4. The topological polar surface area (TPSA) is 32.8 Å². The molecule has 0 saturated carbocycles. The summed E-state index contributed by atoms with van der Waals surface area (Å²) in [7, 11) is 0. The van der Waals surface area contributed by atoms with Gasteiger partial charge in [-0.05, 0) is 55.5 Å². The molecule has 4 nitrogen and oxygen atoms in total. The molecule has 0 bridgehead atoms. The lowest BCUT2D eigenvalue weighted by Crippen LogP contribution is -2.52. The van der Waals surface area contributed by atoms with Crippen molar-refractivity contribution >= 4 is 11.6 Å². The number of piperazine rings is 1. The quantitative estimate of drug-likeness (QED) is 0.763. The molecule has 1 heterocycles. The van der Waals surface area contributed by atoms with Crippen molar-refractivity contribution in [3.05, 3.63) is 59.2 Å². The average Bonchev–Trinajstić information content (AvgIpc) is 2.70. The van der Waals surface area contributed by atoms with Crippen LogP contribution in [0.25, 0.3) is 0 Å². The van der Waals surface area contributed by atoms with Crippen molar-refractivity contribution in [2.45, 2.75) is 46.6 Å². The van der Waals surface area contributed by atoms with Crippen molar-refractivity contribution in [1.82, 2.24) is 4.90 Å². The van der Waals surface area contributed by atoms with Gasteiger partial charge in [0.2, 0.25) is 0 Å². The van der Waals surface area contributed by atoms with Gasteiger partial charge in [0.1, 0.15) is 5.75 Å². The van der Waals surface area contributed by atoms with Gasteiger partial charge in [-0.1, -0.05) is 44.2 Å². The van der Waals surface area contributed by atoms with Crippen molar-refractivity contribution in [2.75, 3.05) is 31.1 Å². The van der Waals surface area contributed by atoms with Crippen LogP contribution >= 0.6 is 0 Å². The molecule has 0 aliphatic carbocycles. The second-order valence-electron chi connectivity index (χ2n) is 7.98. The molecule has 1 fully saturated rings. The van der Waals surface area contributed by atoms with E-state index in [4.69, 9.17) is 4.74 Å². The maximum absolute atomic E-state index is 12.9. The van der Waals surface area contributed by atoms with E-state index in [1.165, 1.54) is 16.8 Å². The number of anilines is 1. The first-order chi connectivity index (χ1) is 13.4. The predicted molar refractivity (Wildman–Crippen MR) is 115 cm³/mol. The Morgan fingerprint density at radius 3 is 2.29 bits per heavy atom. The highest BCUT2D eigenvalue weighted by molar-refractivity contribution is 5.81. The van der Waals surface area contributed by atoms with Crippen LogP contribution in [0, 0.1) is 13.8 Å². The third-order valence-electron chi connectivity index (χ3n) is 5.70. The molecule has 3 rings (SSSR count). The van der Waals surface area contributed by atoms with E-state index in [1.54, 1.807) is 0 Å². The number of para-hydroxylation sites is 1. The highest BCUT2D eigenvalue weighted by atomic mass is 16.5. The van der Waals surface area contributed by atoms with Gasteiger partial charge in [0.15, 0.2) is 6.10 Å². The summed E-state index contributed by atoms with van der Waals surface area (Å²) in [4.78, 5) is 17.2. The number of benzene rings is 2. The number of aryl methyl sites for hydroxylation is 1. The molecular weight excluding hydrogens is 348 g/mol. The Balaban J connectivity index is 1.61. The summed E-state index contributed by atoms with van der Waals surface area (Å²) < 4.78 is 6.06. The monoisotopic (exact) mass is 380 g/mol. The number of carbonyl (C=O) groups excluding carboxylic acids is 1. The molecule has 1 aliphatic rings. The van der Waals surface area contributed by atoms with Gasteiger partial charge in [-0.3, -0.25) is 4.79 Å². The fraction of sp³-hybridized carbons (Fsp3) is 0.458. The van der Waals surface area contributed by atoms with Crippen LogP contribution in [-0.2, 0) is 4.79 Å². The lowest BCUT2D eigenvalue weighted by Gasteiger charge is -2.38. The predicted octanol–water partition coefficient (Wildman–Crippen LogP) is 4.54. The fourth-order valence-electron chi connectivity index (χ4n) is 3.81. The zero-order chi connectivity index (χ0) is 20.3. The van der Waals surface area contributed by atoms with Gasteiger partial charge in [0.05, 0.1) is 0 Å². The molecule has 1 atom stereocenters. The second kappa shape index (κ2) is 8.68. The van der Waals surface area contributed by atoms with E-state index in [-0.39, 0.29) is 5.91 Å². The minimum Gasteiger partial charge on any atom is -0.481 e. The Kier molecular flexibility index (Phi) is 6.28. The molecule has 0 radical (unpaired) electrons. The Morgan fingerprint density at radius 2 is 1.61 bits per heavy atom. The number of hydrogen-bond donors (Lipinski definition) is 0. The molecule has 2 aromatic rings. The van der Waals surface area contributed by atoms with Crippen molar-refractivity contribution < 1.29 is 9.53 Å². The molecule has 1 aliphatic heterocycles. The summed E-state index contributed by atoms with van der Waals surface area (Å²) >= 11 is 0. The van der Waals surface area contributed by atoms with Crippen LogP contribution in [0.5, 0.6) is 5.75 Å². The van der Waals surface area contributed by atoms with Crippen LogP contribution in [0.15, 0.2) is 42.5 Å². The van der Waals surface area contributed by atoms with Crippen LogP contribution in [0.1, 0.15) is 43.4 Å². The van der Waals surface area contributed by atoms with Crippen molar-refractivity contribution in [3.8, 4) is 5.75 Å². The highest BCUT2D eigenvalue weighted by Gasteiger charge is 2.27. The lowest BCUT2D eigenvalue weighted by atomic mass is 10.0. The number of hydrogen-bond acceptors (Lipinski definition) is 3. The molecule has 0 spiro atoms. The average molecular weight is 381 g/mol. The Labute approximate surface area is 169 Å². The van der Waals surface area contributed by atoms with E-state index < -0.39 is 6.10 Å². The molecule has 150 valence electrons. The Bertz CT molecular complexity index is 823. The maximum Gasteiger partial charge on any atom is 0.263 e. The molecule has 4 heteroatoms. The summed E-state index contributed by atoms with van der Waals surface area (Å²) in [5, 5.41) is 0. The normalized spacial score (nSPS) is 15.6. The first-order valence-corrected chi connectivity index (χ1v) is 10.2. The zero-order valence-corrected chi connectivity index (χ0v) is 17.7. The molecule has 1 saturated heterocycles. The summed E-state index contributed by atoms with van der Waals surface area (Å²) in [6.45, 7) is 13.6. The SMILES string of the molecule is Cc1cccc(N2CCN(C(=O)[C@@H](C)Oc3ccccc3C(C)C)CC2)c1C. The van der Waals surface area contributed by atoms with Crippen LogP contribution in [0.2, 0.25) is 0 Å². The van der Waals surface area contributed by atoms with Crippen LogP contribution < -0.4 is 9.64 Å². The molecule has 0 unspecified atom stereocenters. The van der Waals surface area contributed by atoms with Gasteiger partial charge >= 0.3 is 0 Å². The van der Waals surface area contributed by atoms with Crippen LogP contribution in [0.4, 0.5) is 5.69 Å². The minimum absolute atomic E-state index is 0.0687. The van der Waals surface area contributed by atoms with Crippen molar-refractivity contribution in [3.63, 3.8) is 0 Å². The van der Waals surface area contributed by atoms with E-state index in [9.17, 15) is 4.79 Å². The first kappa shape index (κ1) is 20.2. The molecule has 1 amide bonds. The second-order valence-corrected chi connectivity index (χ2v) is 7.98. The molecular formula is C24H32N2O2. The Hall–Kier alpha value is -2.49. The van der Waals surface area contributed by atoms with E-state index >= 15 is 0 Å². The van der Waals surface area contributed by atoms with Gasteiger partial charge in [0.25, 0.3) is 5.91 Å². The maximum atomic E-state index is 12.9. The minimum atomic E-state index is -0.479. The van der Waals surface area contributed by atoms with Crippen molar-refractivity contribution in [1.29, 1.82) is 0 Å². The van der Waals surface area contributed by atoms with E-state index in [2.05, 4.69) is 56.9 Å². The van der Waals surface area contributed by atoms with Gasteiger partial charge < -0.3 is 14.5 Å². The number of nitrogens with zero attached hydrogens (tertiary/aromatic N) is 2. The molecule has 0 N–H and O–H groups in total. The standard InChI is InChI=1S/C24H32N2O2/c1-17(2)21-10-6-7-12-23(21)28-20(5)24(27)26-15-13-25(14-16-26)22-11-8-9-18(3)19(22)4/h6-12,17,20H,13-16H2,1-5H3/t20-/m1/s1. The number of carbonyl (C=O) groups is 1. The Morgan fingerprint density at radius 1 is 0.929 bits per heavy atom. The summed E-state index contributed by atoms with van der Waals surface area (Å²) in [5.41, 5.74) is 5.05. The fourth-order valence-corrected chi connectivity index (χ4v) is 3.81. The lowest BCUT2D eigenvalue weighted by molar-refractivity contribution is -0.138. The van der Waals surface area contributed by atoms with Gasteiger partial charge in [-0.15, -0.1) is 0 Å². The molecule has 28 heavy (non-hydrogen) atoms. The third-order valence-corrected chi connectivity index (χ3v) is 5.70. The number of rotatable bonds is 5. The smallest absolute Gasteiger partial charge is 0.263 e. The van der Waals surface area contributed by atoms with E-state index in [1.807, 2.05) is 30.0 Å². The van der Waals surface area contributed by atoms with Crippen LogP contribution in [-0.4, -0.2) is 43.1 Å². The zero-order valence-electron chi connectivity index (χ0n) is 17.7. The van der Waals surface area contributed by atoms with Crippen molar-refractivity contribution in [2.24, 2.45) is 0 Å². The largest absolute Gasteiger partial charge is 0.481 e. The molecule has 0 aromatic heterocycles. The van der Waals surface area contributed by atoms with Gasteiger partial charge in [-0.25, -0.2) is 0 Å². The first-order valence-electron chi connectivity index (χ1n) is 10.2. The number of ether oxygens (including phenoxy) is 1. The summed E-state index contributed by atoms with van der Waals surface area (Å²) in [6.07, 6.45) is -0.479. The number of amides is 1. The highest BCUT2D eigenvalue weighted by Crippen LogP contribution is 2.27. The van der Waals surface area contributed by atoms with Gasteiger partial charge in [-0.2, -0.15) is 0 Å². The van der Waals surface area contributed by atoms with Gasteiger partial charge in [0, 0.05) is 31.9 Å². The summed E-state index contributed by atoms with van der Waals surface area (Å²) in [5.74, 6) is 1.24.